The normalized spacial score (nSPS) is 11.4. The molecule has 1 aromatic heterocycles. The van der Waals surface area contributed by atoms with E-state index in [2.05, 4.69) is 10.1 Å². The molecule has 0 radical (unpaired) electrons. The van der Waals surface area contributed by atoms with Crippen molar-refractivity contribution in [1.82, 2.24) is 10.1 Å². The van der Waals surface area contributed by atoms with E-state index in [1.54, 1.807) is 6.92 Å². The average Bonchev–Trinajstić information content (AvgIpc) is 3.08. The van der Waals surface area contributed by atoms with Crippen LogP contribution in [0.1, 0.15) is 21.8 Å². The molecule has 140 valence electrons. The van der Waals surface area contributed by atoms with Crippen LogP contribution in [-0.2, 0) is 21.2 Å². The first-order valence-electron chi connectivity index (χ1n) is 7.80. The van der Waals surface area contributed by atoms with E-state index in [4.69, 9.17) is 9.26 Å². The minimum absolute atomic E-state index is 0.0245. The standard InChI is InChI=1S/C18H15FN2O5S/c1-11-3-8-14(27(2,23)24)9-15(11)18(22)25-10-16-20-17(21-26-16)12-4-6-13(19)7-5-12/h3-9H,10H2,1-2H3. The van der Waals surface area contributed by atoms with Gasteiger partial charge in [0.15, 0.2) is 16.4 Å². The summed E-state index contributed by atoms with van der Waals surface area (Å²) in [6, 6.07) is 9.75. The lowest BCUT2D eigenvalue weighted by molar-refractivity contribution is 0.0428. The van der Waals surface area contributed by atoms with E-state index in [9.17, 15) is 17.6 Å². The zero-order valence-electron chi connectivity index (χ0n) is 14.5. The van der Waals surface area contributed by atoms with Gasteiger partial charge >= 0.3 is 5.97 Å². The summed E-state index contributed by atoms with van der Waals surface area (Å²) < 4.78 is 46.4. The van der Waals surface area contributed by atoms with Crippen molar-refractivity contribution in [2.45, 2.75) is 18.4 Å². The van der Waals surface area contributed by atoms with Gasteiger partial charge in [-0.15, -0.1) is 0 Å². The maximum Gasteiger partial charge on any atom is 0.338 e. The summed E-state index contributed by atoms with van der Waals surface area (Å²) in [5, 5.41) is 3.75. The Bertz CT molecular complexity index is 1090. The van der Waals surface area contributed by atoms with E-state index in [1.807, 2.05) is 0 Å². The predicted molar refractivity (Wildman–Crippen MR) is 93.1 cm³/mol. The number of carbonyl (C=O) groups excluding carboxylic acids is 1. The number of nitrogens with zero attached hydrogens (tertiary/aromatic N) is 2. The quantitative estimate of drug-likeness (QED) is 0.618. The van der Waals surface area contributed by atoms with Gasteiger partial charge in [0.25, 0.3) is 5.89 Å². The van der Waals surface area contributed by atoms with E-state index in [-0.39, 0.29) is 34.6 Å². The van der Waals surface area contributed by atoms with E-state index < -0.39 is 15.8 Å². The first-order valence-corrected chi connectivity index (χ1v) is 9.69. The Morgan fingerprint density at radius 2 is 1.89 bits per heavy atom. The summed E-state index contributed by atoms with van der Waals surface area (Å²) in [5.74, 6) is -0.807. The van der Waals surface area contributed by atoms with Crippen molar-refractivity contribution in [3.05, 3.63) is 65.3 Å². The Labute approximate surface area is 154 Å². The minimum atomic E-state index is -3.45. The van der Waals surface area contributed by atoms with Crippen molar-refractivity contribution < 1.29 is 26.9 Å². The van der Waals surface area contributed by atoms with Crippen LogP contribution in [0.15, 0.2) is 51.9 Å². The number of carbonyl (C=O) groups is 1. The van der Waals surface area contributed by atoms with Crippen LogP contribution in [-0.4, -0.2) is 30.8 Å². The second kappa shape index (κ2) is 7.28. The molecule has 0 unspecified atom stereocenters. The monoisotopic (exact) mass is 390 g/mol. The van der Waals surface area contributed by atoms with Crippen LogP contribution in [0.25, 0.3) is 11.4 Å². The number of benzene rings is 2. The lowest BCUT2D eigenvalue weighted by atomic mass is 10.1. The molecule has 0 bridgehead atoms. The molecule has 0 N–H and O–H groups in total. The summed E-state index contributed by atoms with van der Waals surface area (Å²) in [7, 11) is -3.45. The fraction of sp³-hybridized carbons (Fsp3) is 0.167. The molecule has 0 saturated heterocycles. The molecule has 0 amide bonds. The summed E-state index contributed by atoms with van der Waals surface area (Å²) in [4.78, 5) is 16.4. The molecular formula is C18H15FN2O5S. The largest absolute Gasteiger partial charge is 0.452 e. The first kappa shape index (κ1) is 18.7. The molecule has 2 aromatic carbocycles. The van der Waals surface area contributed by atoms with Crippen molar-refractivity contribution in [2.75, 3.05) is 6.26 Å². The molecule has 0 aliphatic heterocycles. The van der Waals surface area contributed by atoms with Gasteiger partial charge in [0, 0.05) is 11.8 Å². The van der Waals surface area contributed by atoms with Gasteiger partial charge in [0.2, 0.25) is 5.82 Å². The molecule has 3 rings (SSSR count). The van der Waals surface area contributed by atoms with Crippen LogP contribution in [0.2, 0.25) is 0 Å². The number of rotatable bonds is 5. The predicted octanol–water partition coefficient (Wildman–Crippen LogP) is 2.94. The summed E-state index contributed by atoms with van der Waals surface area (Å²) in [6.07, 6.45) is 1.06. The highest BCUT2D eigenvalue weighted by Crippen LogP contribution is 2.19. The maximum atomic E-state index is 13.0. The molecule has 1 heterocycles. The van der Waals surface area contributed by atoms with Gasteiger partial charge in [-0.1, -0.05) is 11.2 Å². The van der Waals surface area contributed by atoms with Crippen LogP contribution in [0.4, 0.5) is 4.39 Å². The van der Waals surface area contributed by atoms with Gasteiger partial charge in [-0.05, 0) is 48.9 Å². The maximum absolute atomic E-state index is 13.0. The van der Waals surface area contributed by atoms with Crippen molar-refractivity contribution in [3.8, 4) is 11.4 Å². The van der Waals surface area contributed by atoms with Crippen molar-refractivity contribution in [1.29, 1.82) is 0 Å². The third-order valence-electron chi connectivity index (χ3n) is 3.75. The summed E-state index contributed by atoms with van der Waals surface area (Å²) in [5.41, 5.74) is 1.26. The second-order valence-electron chi connectivity index (χ2n) is 5.84. The Hall–Kier alpha value is -3.07. The van der Waals surface area contributed by atoms with E-state index in [0.29, 0.717) is 11.1 Å². The van der Waals surface area contributed by atoms with Gasteiger partial charge in [0.05, 0.1) is 10.5 Å². The fourth-order valence-corrected chi connectivity index (χ4v) is 2.93. The van der Waals surface area contributed by atoms with Crippen LogP contribution >= 0.6 is 0 Å². The van der Waals surface area contributed by atoms with Gasteiger partial charge in [-0.2, -0.15) is 4.98 Å². The molecule has 0 fully saturated rings. The van der Waals surface area contributed by atoms with Crippen molar-refractivity contribution >= 4 is 15.8 Å². The molecule has 0 saturated carbocycles. The second-order valence-corrected chi connectivity index (χ2v) is 7.86. The first-order chi connectivity index (χ1) is 12.7. The lowest BCUT2D eigenvalue weighted by Crippen LogP contribution is -2.09. The summed E-state index contributed by atoms with van der Waals surface area (Å²) >= 11 is 0. The molecule has 0 spiro atoms. The molecule has 7 nitrogen and oxygen atoms in total. The SMILES string of the molecule is Cc1ccc(S(C)(=O)=O)cc1C(=O)OCc1nc(-c2ccc(F)cc2)no1. The molecule has 27 heavy (non-hydrogen) atoms. The molecule has 3 aromatic rings. The molecule has 0 aliphatic carbocycles. The van der Waals surface area contributed by atoms with Crippen LogP contribution in [0, 0.1) is 12.7 Å². The van der Waals surface area contributed by atoms with Crippen molar-refractivity contribution in [3.63, 3.8) is 0 Å². The third kappa shape index (κ3) is 4.37. The number of ether oxygens (including phenoxy) is 1. The molecule has 0 aliphatic rings. The number of aromatic nitrogens is 2. The Balaban J connectivity index is 1.72. The average molecular weight is 390 g/mol. The van der Waals surface area contributed by atoms with Crippen molar-refractivity contribution in [2.24, 2.45) is 0 Å². The zero-order chi connectivity index (χ0) is 19.6. The highest BCUT2D eigenvalue weighted by Gasteiger charge is 2.17. The highest BCUT2D eigenvalue weighted by atomic mass is 32.2. The Morgan fingerprint density at radius 3 is 2.56 bits per heavy atom. The van der Waals surface area contributed by atoms with Crippen LogP contribution < -0.4 is 0 Å². The van der Waals surface area contributed by atoms with Gasteiger partial charge in [-0.25, -0.2) is 17.6 Å². The van der Waals surface area contributed by atoms with E-state index in [1.165, 1.54) is 42.5 Å². The number of sulfone groups is 1. The van der Waals surface area contributed by atoms with E-state index >= 15 is 0 Å². The number of hydrogen-bond donors (Lipinski definition) is 0. The topological polar surface area (TPSA) is 99.4 Å². The van der Waals surface area contributed by atoms with Gasteiger partial charge < -0.3 is 9.26 Å². The van der Waals surface area contributed by atoms with Crippen LogP contribution in [0.5, 0.6) is 0 Å². The van der Waals surface area contributed by atoms with Crippen LogP contribution in [0.3, 0.4) is 0 Å². The molecule has 0 atom stereocenters. The fourth-order valence-electron chi connectivity index (χ4n) is 2.29. The van der Waals surface area contributed by atoms with Gasteiger partial charge in [0.1, 0.15) is 5.82 Å². The minimum Gasteiger partial charge on any atom is -0.452 e. The molecular weight excluding hydrogens is 375 g/mol. The Morgan fingerprint density at radius 1 is 1.19 bits per heavy atom. The Kier molecular flexibility index (Phi) is 5.04. The smallest absolute Gasteiger partial charge is 0.338 e. The lowest BCUT2D eigenvalue weighted by Gasteiger charge is -2.07. The van der Waals surface area contributed by atoms with E-state index in [0.717, 1.165) is 6.26 Å². The third-order valence-corrected chi connectivity index (χ3v) is 4.86. The number of hydrogen-bond acceptors (Lipinski definition) is 7. The molecule has 9 heteroatoms. The van der Waals surface area contributed by atoms with Gasteiger partial charge in [-0.3, -0.25) is 0 Å². The highest BCUT2D eigenvalue weighted by molar-refractivity contribution is 7.90. The number of aryl methyl sites for hydroxylation is 1. The summed E-state index contributed by atoms with van der Waals surface area (Å²) in [6.45, 7) is 1.39. The number of halogens is 1. The number of esters is 1. The zero-order valence-corrected chi connectivity index (χ0v) is 15.3.